The molecule has 94 valence electrons. The van der Waals surface area contributed by atoms with Gasteiger partial charge in [0.25, 0.3) is 0 Å². The van der Waals surface area contributed by atoms with Gasteiger partial charge in [0.1, 0.15) is 0 Å². The molecule has 16 heavy (non-hydrogen) atoms. The third kappa shape index (κ3) is 5.60. The first-order valence-electron chi connectivity index (χ1n) is 5.49. The summed E-state index contributed by atoms with van der Waals surface area (Å²) in [4.78, 5) is 0. The highest BCUT2D eigenvalue weighted by molar-refractivity contribution is 7.89. The third-order valence-corrected chi connectivity index (χ3v) is 3.83. The minimum absolute atomic E-state index is 0.0318. The number of sulfonamides is 1. The SMILES string of the molecule is COCCS(=O)(=O)NCCC1=CCNCC1. The van der Waals surface area contributed by atoms with Gasteiger partial charge in [-0.05, 0) is 19.4 Å². The van der Waals surface area contributed by atoms with Gasteiger partial charge in [0, 0.05) is 20.2 Å². The first-order chi connectivity index (χ1) is 7.64. The molecule has 0 aromatic heterocycles. The van der Waals surface area contributed by atoms with Crippen LogP contribution in [0.4, 0.5) is 0 Å². The zero-order valence-electron chi connectivity index (χ0n) is 9.66. The van der Waals surface area contributed by atoms with Gasteiger partial charge >= 0.3 is 0 Å². The maximum Gasteiger partial charge on any atom is 0.213 e. The Morgan fingerprint density at radius 3 is 3.00 bits per heavy atom. The number of ether oxygens (including phenoxy) is 1. The highest BCUT2D eigenvalue weighted by Gasteiger charge is 2.09. The second kappa shape index (κ2) is 7.01. The van der Waals surface area contributed by atoms with E-state index in [-0.39, 0.29) is 12.4 Å². The molecule has 1 heterocycles. The molecule has 0 unspecified atom stereocenters. The molecule has 2 N–H and O–H groups in total. The van der Waals surface area contributed by atoms with Crippen LogP contribution in [0, 0.1) is 0 Å². The molecule has 0 radical (unpaired) electrons. The van der Waals surface area contributed by atoms with Crippen LogP contribution in [0.15, 0.2) is 11.6 Å². The lowest BCUT2D eigenvalue weighted by Gasteiger charge is -2.14. The van der Waals surface area contributed by atoms with Crippen molar-refractivity contribution in [1.82, 2.24) is 10.0 Å². The second-order valence-electron chi connectivity index (χ2n) is 3.77. The quantitative estimate of drug-likeness (QED) is 0.616. The third-order valence-electron chi connectivity index (χ3n) is 2.48. The van der Waals surface area contributed by atoms with Crippen molar-refractivity contribution < 1.29 is 13.2 Å². The summed E-state index contributed by atoms with van der Waals surface area (Å²) in [6.45, 7) is 2.61. The van der Waals surface area contributed by atoms with Crippen LogP contribution in [0.1, 0.15) is 12.8 Å². The van der Waals surface area contributed by atoms with E-state index in [1.165, 1.54) is 12.7 Å². The van der Waals surface area contributed by atoms with Crippen molar-refractivity contribution in [1.29, 1.82) is 0 Å². The molecule has 0 saturated carbocycles. The Bertz CT molecular complexity index is 325. The number of methoxy groups -OCH3 is 1. The molecule has 0 fully saturated rings. The topological polar surface area (TPSA) is 67.4 Å². The molecular weight excluding hydrogens is 228 g/mol. The molecule has 1 rings (SSSR count). The predicted molar refractivity (Wildman–Crippen MR) is 63.9 cm³/mol. The summed E-state index contributed by atoms with van der Waals surface area (Å²) >= 11 is 0. The van der Waals surface area contributed by atoms with Crippen LogP contribution in [0.5, 0.6) is 0 Å². The monoisotopic (exact) mass is 248 g/mol. The van der Waals surface area contributed by atoms with Gasteiger partial charge in [-0.1, -0.05) is 11.6 Å². The second-order valence-corrected chi connectivity index (χ2v) is 5.70. The van der Waals surface area contributed by atoms with E-state index < -0.39 is 10.0 Å². The van der Waals surface area contributed by atoms with Crippen molar-refractivity contribution in [3.63, 3.8) is 0 Å². The van der Waals surface area contributed by atoms with Gasteiger partial charge in [0.05, 0.1) is 12.4 Å². The van der Waals surface area contributed by atoms with Crippen LogP contribution in [0.2, 0.25) is 0 Å². The van der Waals surface area contributed by atoms with Gasteiger partial charge in [-0.2, -0.15) is 0 Å². The fourth-order valence-corrected chi connectivity index (χ4v) is 2.47. The first kappa shape index (κ1) is 13.6. The maximum atomic E-state index is 11.4. The minimum Gasteiger partial charge on any atom is -0.384 e. The van der Waals surface area contributed by atoms with Crippen LogP contribution in [0.25, 0.3) is 0 Å². The van der Waals surface area contributed by atoms with Crippen molar-refractivity contribution in [2.75, 3.05) is 39.1 Å². The molecule has 6 heteroatoms. The number of hydrogen-bond acceptors (Lipinski definition) is 4. The number of hydrogen-bond donors (Lipinski definition) is 2. The molecule has 0 spiro atoms. The van der Waals surface area contributed by atoms with Crippen molar-refractivity contribution in [2.24, 2.45) is 0 Å². The molecule has 1 aliphatic heterocycles. The Morgan fingerprint density at radius 1 is 1.56 bits per heavy atom. The van der Waals surface area contributed by atoms with Gasteiger partial charge < -0.3 is 10.1 Å². The fourth-order valence-electron chi connectivity index (χ4n) is 1.53. The summed E-state index contributed by atoms with van der Waals surface area (Å²) < 4.78 is 30.1. The zero-order valence-corrected chi connectivity index (χ0v) is 10.5. The lowest BCUT2D eigenvalue weighted by atomic mass is 10.1. The molecule has 0 saturated heterocycles. The molecule has 0 aromatic carbocycles. The van der Waals surface area contributed by atoms with Crippen LogP contribution in [0.3, 0.4) is 0 Å². The van der Waals surface area contributed by atoms with Gasteiger partial charge in [0.2, 0.25) is 10.0 Å². The zero-order chi connectivity index (χ0) is 11.9. The lowest BCUT2D eigenvalue weighted by molar-refractivity contribution is 0.217. The van der Waals surface area contributed by atoms with Crippen LogP contribution < -0.4 is 10.0 Å². The number of rotatable bonds is 7. The molecule has 0 bridgehead atoms. The van der Waals surface area contributed by atoms with E-state index >= 15 is 0 Å². The average molecular weight is 248 g/mol. The largest absolute Gasteiger partial charge is 0.384 e. The summed E-state index contributed by atoms with van der Waals surface area (Å²) in [5.74, 6) is 0.0318. The van der Waals surface area contributed by atoms with E-state index in [0.717, 1.165) is 25.9 Å². The molecule has 0 aliphatic carbocycles. The lowest BCUT2D eigenvalue weighted by Crippen LogP contribution is -2.30. The molecule has 0 atom stereocenters. The van der Waals surface area contributed by atoms with Crippen molar-refractivity contribution in [2.45, 2.75) is 12.8 Å². The Hall–Kier alpha value is -0.430. The highest BCUT2D eigenvalue weighted by atomic mass is 32.2. The Balaban J connectivity index is 2.21. The van der Waals surface area contributed by atoms with Crippen molar-refractivity contribution in [3.05, 3.63) is 11.6 Å². The summed E-state index contributed by atoms with van der Waals surface area (Å²) in [5.41, 5.74) is 1.33. The van der Waals surface area contributed by atoms with E-state index in [1.54, 1.807) is 0 Å². The first-order valence-corrected chi connectivity index (χ1v) is 7.14. The van der Waals surface area contributed by atoms with E-state index in [1.807, 2.05) is 0 Å². The van der Waals surface area contributed by atoms with Gasteiger partial charge in [-0.25, -0.2) is 13.1 Å². The predicted octanol–water partition coefficient (Wildman–Crippen LogP) is -0.138. The van der Waals surface area contributed by atoms with Gasteiger partial charge in [0.15, 0.2) is 0 Å². The maximum absolute atomic E-state index is 11.4. The van der Waals surface area contributed by atoms with Crippen LogP contribution in [-0.4, -0.2) is 47.5 Å². The van der Waals surface area contributed by atoms with Crippen LogP contribution in [-0.2, 0) is 14.8 Å². The normalized spacial score (nSPS) is 17.2. The van der Waals surface area contributed by atoms with E-state index in [0.29, 0.717) is 6.54 Å². The fraction of sp³-hybridized carbons (Fsp3) is 0.800. The van der Waals surface area contributed by atoms with Gasteiger partial charge in [-0.3, -0.25) is 0 Å². The minimum atomic E-state index is -3.16. The van der Waals surface area contributed by atoms with Gasteiger partial charge in [-0.15, -0.1) is 0 Å². The van der Waals surface area contributed by atoms with Crippen molar-refractivity contribution in [3.8, 4) is 0 Å². The summed E-state index contributed by atoms with van der Waals surface area (Å²) in [5, 5.41) is 3.22. The van der Waals surface area contributed by atoms with E-state index in [2.05, 4.69) is 16.1 Å². The molecule has 5 nitrogen and oxygen atoms in total. The Labute approximate surface area is 97.3 Å². The molecular formula is C10H20N2O3S. The number of nitrogens with one attached hydrogen (secondary N) is 2. The average Bonchev–Trinajstić information content (AvgIpc) is 2.28. The van der Waals surface area contributed by atoms with E-state index in [4.69, 9.17) is 4.74 Å². The summed E-state index contributed by atoms with van der Waals surface area (Å²) in [7, 11) is -1.67. The van der Waals surface area contributed by atoms with E-state index in [9.17, 15) is 8.42 Å². The van der Waals surface area contributed by atoms with Crippen LogP contribution >= 0.6 is 0 Å². The Morgan fingerprint density at radius 2 is 2.38 bits per heavy atom. The Kier molecular flexibility index (Phi) is 5.97. The smallest absolute Gasteiger partial charge is 0.213 e. The molecule has 1 aliphatic rings. The van der Waals surface area contributed by atoms with Crippen molar-refractivity contribution >= 4 is 10.0 Å². The summed E-state index contributed by atoms with van der Waals surface area (Å²) in [6, 6.07) is 0. The summed E-state index contributed by atoms with van der Waals surface area (Å²) in [6.07, 6.45) is 3.95. The molecule has 0 amide bonds. The highest BCUT2D eigenvalue weighted by Crippen LogP contribution is 2.08. The molecule has 0 aromatic rings. The standard InChI is InChI=1S/C10H20N2O3S/c1-15-8-9-16(13,14)12-7-4-10-2-5-11-6-3-10/h2,11-12H,3-9H2,1H3.